The normalized spacial score (nSPS) is 21.3. The molecule has 2 atom stereocenters. The maximum Gasteiger partial charge on any atom is 0.0438 e. The van der Waals surface area contributed by atoms with E-state index in [2.05, 4.69) is 49.9 Å². The second-order valence-electron chi connectivity index (χ2n) is 5.14. The van der Waals surface area contributed by atoms with Gasteiger partial charge in [0.2, 0.25) is 0 Å². The molecular weight excluding hydrogens is 196 g/mol. The van der Waals surface area contributed by atoms with Crippen LogP contribution in [0.3, 0.4) is 0 Å². The lowest BCUT2D eigenvalue weighted by Gasteiger charge is -2.36. The van der Waals surface area contributed by atoms with Gasteiger partial charge in [-0.1, -0.05) is 32.0 Å². The van der Waals surface area contributed by atoms with Crippen LogP contribution in [0.25, 0.3) is 0 Å². The summed E-state index contributed by atoms with van der Waals surface area (Å²) >= 11 is 0. The summed E-state index contributed by atoms with van der Waals surface area (Å²) in [5.41, 5.74) is 8.79. The minimum Gasteiger partial charge on any atom is -0.364 e. The molecular formula is C14H22N2. The van der Waals surface area contributed by atoms with Crippen molar-refractivity contribution in [2.45, 2.75) is 39.3 Å². The predicted octanol–water partition coefficient (Wildman–Crippen LogP) is 2.42. The minimum absolute atomic E-state index is 0.457. The van der Waals surface area contributed by atoms with Gasteiger partial charge >= 0.3 is 0 Å². The Kier molecular flexibility index (Phi) is 3.20. The number of rotatable bonds is 3. The smallest absolute Gasteiger partial charge is 0.0438 e. The van der Waals surface area contributed by atoms with Gasteiger partial charge in [-0.3, -0.25) is 0 Å². The lowest BCUT2D eigenvalue weighted by atomic mass is 10.0. The summed E-state index contributed by atoms with van der Waals surface area (Å²) in [5, 5.41) is 0. The molecule has 0 aliphatic carbocycles. The van der Waals surface area contributed by atoms with Crippen LogP contribution < -0.4 is 10.6 Å². The molecule has 0 bridgehead atoms. The highest BCUT2D eigenvalue weighted by molar-refractivity contribution is 5.60. The lowest BCUT2D eigenvalue weighted by Crippen LogP contribution is -2.47. The van der Waals surface area contributed by atoms with Crippen LogP contribution in [0.15, 0.2) is 24.3 Å². The zero-order valence-corrected chi connectivity index (χ0v) is 10.5. The molecule has 0 fully saturated rings. The first-order valence-corrected chi connectivity index (χ1v) is 6.21. The Morgan fingerprint density at radius 1 is 1.38 bits per heavy atom. The average molecular weight is 218 g/mol. The van der Waals surface area contributed by atoms with Crippen LogP contribution in [-0.4, -0.2) is 18.6 Å². The predicted molar refractivity (Wildman–Crippen MR) is 69.8 cm³/mol. The molecule has 1 aliphatic heterocycles. The molecule has 0 spiro atoms. The van der Waals surface area contributed by atoms with E-state index in [1.54, 1.807) is 0 Å². The monoisotopic (exact) mass is 218 g/mol. The van der Waals surface area contributed by atoms with Crippen LogP contribution in [0.2, 0.25) is 0 Å². The fourth-order valence-electron chi connectivity index (χ4n) is 2.80. The molecule has 1 aromatic carbocycles. The summed E-state index contributed by atoms with van der Waals surface area (Å²) in [7, 11) is 0. The summed E-state index contributed by atoms with van der Waals surface area (Å²) in [5.74, 6) is 0.596. The molecule has 88 valence electrons. The molecule has 1 aliphatic rings. The summed E-state index contributed by atoms with van der Waals surface area (Å²) in [6.45, 7) is 7.54. The van der Waals surface area contributed by atoms with E-state index in [0.717, 1.165) is 13.0 Å². The van der Waals surface area contributed by atoms with E-state index < -0.39 is 0 Å². The second kappa shape index (κ2) is 4.46. The number of anilines is 1. The van der Waals surface area contributed by atoms with E-state index in [-0.39, 0.29) is 0 Å². The van der Waals surface area contributed by atoms with Crippen LogP contribution >= 0.6 is 0 Å². The van der Waals surface area contributed by atoms with Gasteiger partial charge in [0, 0.05) is 24.3 Å². The van der Waals surface area contributed by atoms with Crippen molar-refractivity contribution in [3.63, 3.8) is 0 Å². The first-order chi connectivity index (χ1) is 7.65. The van der Waals surface area contributed by atoms with E-state index >= 15 is 0 Å². The van der Waals surface area contributed by atoms with Crippen LogP contribution in [0.5, 0.6) is 0 Å². The number of benzene rings is 1. The Labute approximate surface area is 98.4 Å². The molecule has 0 saturated heterocycles. The topological polar surface area (TPSA) is 29.3 Å². The van der Waals surface area contributed by atoms with Gasteiger partial charge in [-0.15, -0.1) is 0 Å². The van der Waals surface area contributed by atoms with Crippen molar-refractivity contribution >= 4 is 5.69 Å². The third-order valence-electron chi connectivity index (χ3n) is 3.63. The van der Waals surface area contributed by atoms with Gasteiger partial charge in [-0.25, -0.2) is 0 Å². The largest absolute Gasteiger partial charge is 0.364 e. The van der Waals surface area contributed by atoms with Crippen molar-refractivity contribution in [1.29, 1.82) is 0 Å². The van der Waals surface area contributed by atoms with E-state index in [0.29, 0.717) is 18.0 Å². The maximum atomic E-state index is 5.93. The van der Waals surface area contributed by atoms with Gasteiger partial charge in [0.05, 0.1) is 0 Å². The van der Waals surface area contributed by atoms with Crippen molar-refractivity contribution < 1.29 is 0 Å². The van der Waals surface area contributed by atoms with Gasteiger partial charge < -0.3 is 10.6 Å². The van der Waals surface area contributed by atoms with Crippen LogP contribution in [0.4, 0.5) is 5.69 Å². The third-order valence-corrected chi connectivity index (χ3v) is 3.63. The number of para-hydroxylation sites is 1. The molecule has 16 heavy (non-hydrogen) atoms. The first kappa shape index (κ1) is 11.5. The zero-order valence-electron chi connectivity index (χ0n) is 10.5. The van der Waals surface area contributed by atoms with Crippen molar-refractivity contribution in [2.24, 2.45) is 11.7 Å². The standard InChI is InChI=1S/C14H22N2/c1-10(2)14(9-15)16-11(3)8-12-6-4-5-7-13(12)16/h4-7,10-11,14H,8-9,15H2,1-3H3. The number of nitrogens with two attached hydrogens (primary N) is 1. The molecule has 0 saturated carbocycles. The molecule has 2 rings (SSSR count). The molecule has 0 aromatic heterocycles. The van der Waals surface area contributed by atoms with Crippen molar-refractivity contribution in [3.8, 4) is 0 Å². The van der Waals surface area contributed by atoms with E-state index in [4.69, 9.17) is 5.73 Å². The van der Waals surface area contributed by atoms with Gasteiger partial charge in [0.1, 0.15) is 0 Å². The van der Waals surface area contributed by atoms with Crippen molar-refractivity contribution in [2.75, 3.05) is 11.4 Å². The Hall–Kier alpha value is -1.02. The minimum atomic E-state index is 0.457. The first-order valence-electron chi connectivity index (χ1n) is 6.21. The lowest BCUT2D eigenvalue weighted by molar-refractivity contribution is 0.438. The Morgan fingerprint density at radius 2 is 2.06 bits per heavy atom. The molecule has 1 heterocycles. The van der Waals surface area contributed by atoms with Gasteiger partial charge in [0.15, 0.2) is 0 Å². The Morgan fingerprint density at radius 3 is 2.69 bits per heavy atom. The average Bonchev–Trinajstić information content (AvgIpc) is 2.57. The molecule has 1 aromatic rings. The van der Waals surface area contributed by atoms with Gasteiger partial charge in [0.25, 0.3) is 0 Å². The number of fused-ring (bicyclic) bond motifs is 1. The van der Waals surface area contributed by atoms with E-state index in [1.807, 2.05) is 0 Å². The summed E-state index contributed by atoms with van der Waals surface area (Å²) in [6.07, 6.45) is 1.15. The fourth-order valence-corrected chi connectivity index (χ4v) is 2.80. The zero-order chi connectivity index (χ0) is 11.7. The molecule has 0 amide bonds. The molecule has 2 heteroatoms. The van der Waals surface area contributed by atoms with Crippen LogP contribution in [0, 0.1) is 5.92 Å². The highest BCUT2D eigenvalue weighted by Gasteiger charge is 2.31. The van der Waals surface area contributed by atoms with Crippen molar-refractivity contribution in [3.05, 3.63) is 29.8 Å². The van der Waals surface area contributed by atoms with Gasteiger partial charge in [-0.05, 0) is 30.9 Å². The highest BCUT2D eigenvalue weighted by Crippen LogP contribution is 2.34. The fraction of sp³-hybridized carbons (Fsp3) is 0.571. The summed E-state index contributed by atoms with van der Waals surface area (Å²) in [4.78, 5) is 2.51. The highest BCUT2D eigenvalue weighted by atomic mass is 15.2. The number of hydrogen-bond acceptors (Lipinski definition) is 2. The maximum absolute atomic E-state index is 5.93. The Bertz CT molecular complexity index is 360. The number of nitrogens with zero attached hydrogens (tertiary/aromatic N) is 1. The quantitative estimate of drug-likeness (QED) is 0.844. The molecule has 2 N–H and O–H groups in total. The molecule has 2 nitrogen and oxygen atoms in total. The number of hydrogen-bond donors (Lipinski definition) is 1. The Balaban J connectivity index is 2.34. The van der Waals surface area contributed by atoms with E-state index in [9.17, 15) is 0 Å². The SMILES string of the molecule is CC(C)C(CN)N1c2ccccc2CC1C. The van der Waals surface area contributed by atoms with Gasteiger partial charge in [-0.2, -0.15) is 0 Å². The van der Waals surface area contributed by atoms with Crippen LogP contribution in [0.1, 0.15) is 26.3 Å². The second-order valence-corrected chi connectivity index (χ2v) is 5.14. The van der Waals surface area contributed by atoms with Crippen LogP contribution in [-0.2, 0) is 6.42 Å². The summed E-state index contributed by atoms with van der Waals surface area (Å²) in [6, 6.07) is 9.75. The third kappa shape index (κ3) is 1.82. The summed E-state index contributed by atoms with van der Waals surface area (Å²) < 4.78 is 0. The molecule has 0 radical (unpaired) electrons. The molecule has 2 unspecified atom stereocenters. The van der Waals surface area contributed by atoms with Crippen molar-refractivity contribution in [1.82, 2.24) is 0 Å². The van der Waals surface area contributed by atoms with E-state index in [1.165, 1.54) is 11.3 Å².